The number of allylic oxidation sites excluding steroid dienone is 12. The van der Waals surface area contributed by atoms with Gasteiger partial charge in [-0.05, 0) is 142 Å². The quantitative estimate of drug-likeness (QED) is 0.117. The number of carbonyl (C=O) groups excluding carboxylic acids is 15. The van der Waals surface area contributed by atoms with Crippen molar-refractivity contribution in [2.45, 2.75) is 178 Å². The molecule has 3 aliphatic carbocycles. The summed E-state index contributed by atoms with van der Waals surface area (Å²) in [5.41, 5.74) is 0.775. The number of imide groups is 1. The highest BCUT2D eigenvalue weighted by Crippen LogP contribution is 2.07. The molecular weight excluding hydrogens is 1050 g/mol. The minimum absolute atomic E-state index is 0.0602. The highest BCUT2D eigenvalue weighted by atomic mass is 16.2. The lowest BCUT2D eigenvalue weighted by Gasteiger charge is -2.01. The van der Waals surface area contributed by atoms with Gasteiger partial charge in [-0.1, -0.05) is 137 Å². The highest BCUT2D eigenvalue weighted by Gasteiger charge is 2.24. The summed E-state index contributed by atoms with van der Waals surface area (Å²) in [4.78, 5) is 146. The first-order valence-electron chi connectivity index (χ1n) is 26.0. The summed E-state index contributed by atoms with van der Waals surface area (Å²) < 4.78 is 0. The molecule has 0 spiro atoms. The van der Waals surface area contributed by atoms with E-state index >= 15 is 0 Å². The third kappa shape index (κ3) is 227. The van der Waals surface area contributed by atoms with Crippen molar-refractivity contribution in [1.82, 2.24) is 9.88 Å². The number of rotatable bonds is 2. The minimum atomic E-state index is -0.426. The third-order valence-electron chi connectivity index (χ3n) is 5.18. The Morgan fingerprint density at radius 2 is 0.573 bits per heavy atom. The highest BCUT2D eigenvalue weighted by molar-refractivity contribution is 6.23. The van der Waals surface area contributed by atoms with E-state index in [0.29, 0.717) is 12.8 Å². The molecule has 2 heterocycles. The molecule has 17 heteroatoms. The predicted octanol–water partition coefficient (Wildman–Crippen LogP) is 13.1. The molecule has 464 valence electrons. The average molecular weight is 1150 g/mol. The van der Waals surface area contributed by atoms with Crippen LogP contribution in [0.2, 0.25) is 0 Å². The van der Waals surface area contributed by atoms with Crippen molar-refractivity contribution in [3.05, 3.63) is 139 Å². The molecule has 0 atom stereocenters. The zero-order chi connectivity index (χ0) is 67.4. The van der Waals surface area contributed by atoms with E-state index in [2.05, 4.69) is 77.9 Å². The Balaban J connectivity index is -0.0000000565. The lowest BCUT2D eigenvalue weighted by molar-refractivity contribution is -0.137. The van der Waals surface area contributed by atoms with Crippen LogP contribution in [0.3, 0.4) is 0 Å². The Kier molecular flexibility index (Phi) is 140. The van der Waals surface area contributed by atoms with E-state index in [4.69, 9.17) is 28.8 Å². The van der Waals surface area contributed by atoms with Crippen LogP contribution in [0, 0.1) is 0 Å². The molecule has 2 amide bonds. The normalized spacial score (nSPS) is 9.71. The van der Waals surface area contributed by atoms with Crippen LogP contribution in [0.25, 0.3) is 0 Å². The van der Waals surface area contributed by atoms with Gasteiger partial charge in [-0.3, -0.25) is 33.9 Å². The molecule has 2 aromatic rings. The maximum atomic E-state index is 10.6. The van der Waals surface area contributed by atoms with Crippen molar-refractivity contribution in [1.29, 1.82) is 0 Å². The van der Waals surface area contributed by atoms with E-state index in [9.17, 15) is 43.2 Å². The number of nitrogens with zero attached hydrogens (tertiary/aromatic N) is 2. The summed E-state index contributed by atoms with van der Waals surface area (Å²) in [6.45, 7) is 33.3. The Morgan fingerprint density at radius 3 is 0.646 bits per heavy atom. The van der Waals surface area contributed by atoms with Crippen LogP contribution in [0.1, 0.15) is 188 Å². The molecule has 17 nitrogen and oxygen atoms in total. The van der Waals surface area contributed by atoms with Crippen molar-refractivity contribution in [2.24, 2.45) is 0 Å². The number of aldehydes is 6. The van der Waals surface area contributed by atoms with Crippen LogP contribution in [-0.2, 0) is 67.1 Å². The molecular formula is C65H104N2O15. The number of Topliss-reactive ketones (excluding diaryl/α,β-unsaturated/α-hetero) is 7. The number of ketones is 7. The average Bonchev–Trinajstić information content (AvgIpc) is 4.29. The molecule has 0 radical (unpaired) electrons. The molecule has 0 unspecified atom stereocenters. The summed E-state index contributed by atoms with van der Waals surface area (Å²) in [6, 6.07) is 14.9. The zero-order valence-electron chi connectivity index (χ0n) is 53.7. The Hall–Kier alpha value is -8.34. The summed E-state index contributed by atoms with van der Waals surface area (Å²) >= 11 is 0. The second-order valence-electron chi connectivity index (χ2n) is 14.5. The number of pyridine rings is 1. The smallest absolute Gasteiger partial charge is 0.229 e. The number of amides is 2. The van der Waals surface area contributed by atoms with Crippen LogP contribution in [0.4, 0.5) is 0 Å². The summed E-state index contributed by atoms with van der Waals surface area (Å²) in [6.07, 6.45) is 36.8. The molecule has 1 aromatic heterocycles. The molecule has 82 heavy (non-hydrogen) atoms. The molecule has 0 N–H and O–H groups in total. The molecule has 1 aromatic carbocycles. The van der Waals surface area contributed by atoms with Gasteiger partial charge in [-0.25, -0.2) is 0 Å². The summed E-state index contributed by atoms with van der Waals surface area (Å²) in [5, 5.41) is 0. The van der Waals surface area contributed by atoms with Crippen molar-refractivity contribution >= 4 is 90.0 Å². The maximum Gasteiger partial charge on any atom is 0.229 e. The van der Waals surface area contributed by atoms with Gasteiger partial charge in [0.25, 0.3) is 0 Å². The first-order valence-corrected chi connectivity index (χ1v) is 26.0. The Bertz CT molecular complexity index is 1770. The first-order chi connectivity index (χ1) is 38.5. The number of hydrogen-bond donors (Lipinski definition) is 0. The fraction of sp³-hybridized carbons (Fsp3) is 0.415. The number of aromatic nitrogens is 1. The Labute approximate surface area is 494 Å². The number of likely N-dealkylation sites (tertiary alicyclic amines) is 1. The minimum Gasteiger partial charge on any atom is -0.304 e. The molecule has 1 aliphatic heterocycles. The van der Waals surface area contributed by atoms with E-state index in [0.717, 1.165) is 56.3 Å². The molecule has 4 aliphatic rings. The van der Waals surface area contributed by atoms with Gasteiger partial charge in [0.2, 0.25) is 11.8 Å². The fourth-order valence-corrected chi connectivity index (χ4v) is 2.85. The largest absolute Gasteiger partial charge is 0.304 e. The Morgan fingerprint density at radius 1 is 0.390 bits per heavy atom. The fourth-order valence-electron chi connectivity index (χ4n) is 2.85. The second-order valence-corrected chi connectivity index (χ2v) is 14.5. The van der Waals surface area contributed by atoms with Crippen molar-refractivity contribution in [2.75, 3.05) is 7.05 Å². The van der Waals surface area contributed by atoms with Crippen LogP contribution in [0.15, 0.2) is 134 Å². The number of benzene rings is 1. The van der Waals surface area contributed by atoms with Crippen LogP contribution < -0.4 is 0 Å². The SMILES string of the molecule is C1=CCC=C1.C1=CCC=C1.C1=CCC=C1.CC.CC.CC(=O)C=O.CC(=O)c1ccccc1.CC(C)=O.CC(C)=O.CC(C)=O.CC(C)=O.CC(C)=O.CC=O.CC=O.CC=O.CC=O.CC=O.CN1C(=O)CCC1=O.c1ccncc1. The van der Waals surface area contributed by atoms with Gasteiger partial charge < -0.3 is 47.9 Å². The molecule has 1 fully saturated rings. The standard InChI is InChI=1S/C8H8O.C5H7NO2.C5H5N.3C5H6.C3H4O2.5C3H6O.5C2H4O.2C2H6/c1-7(9)8-5-3-2-4-6-8;1-6-4(7)2-3-5(6)8;1-2-4-6-5-3-1;3*1-2-4-5-3-1;1-3(5)2-4;5*1-3(2)4;5*1-2-3;2*1-2/h2-6H,1H3;2-3H2,1H3;1-5H;3*1-4H,5H2;2H,1H3;5*1-2H3;5*2H,1H3;2*1-2H3. The third-order valence-corrected chi connectivity index (χ3v) is 5.18. The number of hydrogen-bond acceptors (Lipinski definition) is 16. The van der Waals surface area contributed by atoms with E-state index < -0.39 is 5.78 Å². The van der Waals surface area contributed by atoms with E-state index in [1.54, 1.807) is 19.3 Å². The van der Waals surface area contributed by atoms with E-state index in [-0.39, 0.29) is 52.8 Å². The van der Waals surface area contributed by atoms with Crippen molar-refractivity contribution < 1.29 is 71.9 Å². The summed E-state index contributed by atoms with van der Waals surface area (Å²) in [7, 11) is 1.51. The molecule has 0 bridgehead atoms. The first kappa shape index (κ1) is 106. The second kappa shape index (κ2) is 108. The predicted molar refractivity (Wildman–Crippen MR) is 336 cm³/mol. The van der Waals surface area contributed by atoms with E-state index in [1.807, 2.05) is 76.2 Å². The van der Waals surface area contributed by atoms with Crippen molar-refractivity contribution in [3.8, 4) is 0 Å². The van der Waals surface area contributed by atoms with Gasteiger partial charge in [-0.15, -0.1) is 0 Å². The molecule has 1 saturated heterocycles. The van der Waals surface area contributed by atoms with Crippen molar-refractivity contribution in [3.63, 3.8) is 0 Å². The van der Waals surface area contributed by atoms with Crippen LogP contribution in [0.5, 0.6) is 0 Å². The zero-order valence-corrected chi connectivity index (χ0v) is 53.7. The van der Waals surface area contributed by atoms with Gasteiger partial charge in [-0.2, -0.15) is 0 Å². The van der Waals surface area contributed by atoms with E-state index in [1.165, 1.54) is 123 Å². The summed E-state index contributed by atoms with van der Waals surface area (Å²) in [5.74, 6) is 0.408. The van der Waals surface area contributed by atoms with Gasteiger partial charge >= 0.3 is 0 Å². The van der Waals surface area contributed by atoms with Gasteiger partial charge in [0, 0.05) is 44.8 Å². The monoisotopic (exact) mass is 1150 g/mol. The van der Waals surface area contributed by atoms with Gasteiger partial charge in [0.05, 0.1) is 0 Å². The number of carbonyl (C=O) groups is 15. The maximum absolute atomic E-state index is 10.6. The molecule has 6 rings (SSSR count). The lowest BCUT2D eigenvalue weighted by Crippen LogP contribution is -2.23. The van der Waals surface area contributed by atoms with Crippen LogP contribution >= 0.6 is 0 Å². The van der Waals surface area contributed by atoms with Gasteiger partial charge in [0.1, 0.15) is 60.3 Å². The lowest BCUT2D eigenvalue weighted by atomic mass is 10.2. The van der Waals surface area contributed by atoms with Gasteiger partial charge in [0.15, 0.2) is 17.9 Å². The molecule has 0 saturated carbocycles. The van der Waals surface area contributed by atoms with Crippen LogP contribution in [-0.4, -0.2) is 107 Å². The topological polar surface area (TPSA) is 272 Å².